The van der Waals surface area contributed by atoms with Crippen molar-refractivity contribution in [1.82, 2.24) is 19.9 Å². The van der Waals surface area contributed by atoms with Crippen LogP contribution in [0.5, 0.6) is 0 Å². The Hall–Kier alpha value is -2.28. The average Bonchev–Trinajstić information content (AvgIpc) is 2.87. The highest BCUT2D eigenvalue weighted by Gasteiger charge is 2.15. The predicted molar refractivity (Wildman–Crippen MR) is 71.1 cm³/mol. The van der Waals surface area contributed by atoms with E-state index in [1.165, 1.54) is 18.5 Å². The van der Waals surface area contributed by atoms with E-state index in [1.807, 2.05) is 0 Å². The van der Waals surface area contributed by atoms with Gasteiger partial charge in [-0.05, 0) is 30.2 Å². The summed E-state index contributed by atoms with van der Waals surface area (Å²) in [5, 5.41) is 2.53. The second kappa shape index (κ2) is 4.68. The number of aromatic amines is 1. The van der Waals surface area contributed by atoms with Crippen molar-refractivity contribution in [3.8, 4) is 0 Å². The van der Waals surface area contributed by atoms with E-state index in [0.717, 1.165) is 0 Å². The third-order valence-electron chi connectivity index (χ3n) is 2.79. The smallest absolute Gasteiger partial charge is 0.226 e. The molecule has 3 aromatic rings. The number of aryl methyl sites for hydroxylation is 1. The second-order valence-electron chi connectivity index (χ2n) is 4.12. The standard InChI is InChI=1S/C12H8ClF2N5/c1-5-2-3-6(14)8(7(5)15)18-11-9-10(17-4-16-9)19-12(13)20-11/h2-4H,1H3,(H2,16,17,18,19,20). The first-order valence-corrected chi connectivity index (χ1v) is 6.02. The molecule has 0 fully saturated rings. The van der Waals surface area contributed by atoms with Gasteiger partial charge in [-0.1, -0.05) is 6.07 Å². The summed E-state index contributed by atoms with van der Waals surface area (Å²) in [7, 11) is 0. The Morgan fingerprint density at radius 3 is 2.85 bits per heavy atom. The van der Waals surface area contributed by atoms with Crippen LogP contribution >= 0.6 is 11.6 Å². The first-order chi connectivity index (χ1) is 9.56. The van der Waals surface area contributed by atoms with Crippen LogP contribution in [0.2, 0.25) is 5.28 Å². The molecular weight excluding hydrogens is 288 g/mol. The Kier molecular flexibility index (Phi) is 2.98. The molecule has 0 aliphatic heterocycles. The van der Waals surface area contributed by atoms with Gasteiger partial charge in [0.2, 0.25) is 5.28 Å². The van der Waals surface area contributed by atoms with Crippen molar-refractivity contribution in [3.63, 3.8) is 0 Å². The number of halogens is 3. The molecule has 0 amide bonds. The van der Waals surface area contributed by atoms with Gasteiger partial charge in [0.15, 0.2) is 17.3 Å². The maximum absolute atomic E-state index is 14.0. The van der Waals surface area contributed by atoms with E-state index >= 15 is 0 Å². The van der Waals surface area contributed by atoms with Crippen molar-refractivity contribution in [2.75, 3.05) is 5.32 Å². The Bertz CT molecular complexity index is 802. The Balaban J connectivity index is 2.14. The topological polar surface area (TPSA) is 66.5 Å². The zero-order valence-electron chi connectivity index (χ0n) is 10.2. The molecule has 20 heavy (non-hydrogen) atoms. The van der Waals surface area contributed by atoms with Crippen LogP contribution in [-0.2, 0) is 0 Å². The molecule has 0 aliphatic rings. The van der Waals surface area contributed by atoms with Gasteiger partial charge in [-0.2, -0.15) is 9.97 Å². The summed E-state index contributed by atoms with van der Waals surface area (Å²) in [4.78, 5) is 14.5. The number of H-pyrrole nitrogens is 1. The van der Waals surface area contributed by atoms with Crippen LogP contribution in [0.3, 0.4) is 0 Å². The molecule has 2 heterocycles. The van der Waals surface area contributed by atoms with Crippen molar-refractivity contribution in [2.45, 2.75) is 6.92 Å². The highest BCUT2D eigenvalue weighted by atomic mass is 35.5. The summed E-state index contributed by atoms with van der Waals surface area (Å²) in [6, 6.07) is 2.53. The molecule has 5 nitrogen and oxygen atoms in total. The number of imidazole rings is 1. The molecule has 0 atom stereocenters. The number of nitrogens with zero attached hydrogens (tertiary/aromatic N) is 3. The lowest BCUT2D eigenvalue weighted by Gasteiger charge is -2.10. The normalized spacial score (nSPS) is 11.0. The molecular formula is C12H8ClF2N5. The molecule has 0 radical (unpaired) electrons. The zero-order chi connectivity index (χ0) is 14.3. The minimum absolute atomic E-state index is 0.0689. The number of nitrogens with one attached hydrogen (secondary N) is 2. The highest BCUT2D eigenvalue weighted by Crippen LogP contribution is 2.27. The van der Waals surface area contributed by atoms with Gasteiger partial charge in [-0.15, -0.1) is 0 Å². The summed E-state index contributed by atoms with van der Waals surface area (Å²) in [5.41, 5.74) is 0.737. The third kappa shape index (κ3) is 2.05. The fraction of sp³-hybridized carbons (Fsp3) is 0.0833. The van der Waals surface area contributed by atoms with Gasteiger partial charge in [0, 0.05) is 0 Å². The molecule has 0 saturated heterocycles. The van der Waals surface area contributed by atoms with Crippen LogP contribution in [0.1, 0.15) is 5.56 Å². The van der Waals surface area contributed by atoms with Gasteiger partial charge in [-0.25, -0.2) is 13.8 Å². The number of benzene rings is 1. The van der Waals surface area contributed by atoms with Crippen LogP contribution in [0.15, 0.2) is 18.5 Å². The van der Waals surface area contributed by atoms with Crippen molar-refractivity contribution in [1.29, 1.82) is 0 Å². The summed E-state index contributed by atoms with van der Waals surface area (Å²) in [6.45, 7) is 1.54. The number of aromatic nitrogens is 4. The van der Waals surface area contributed by atoms with Gasteiger partial charge in [0.25, 0.3) is 0 Å². The van der Waals surface area contributed by atoms with Crippen LogP contribution < -0.4 is 5.32 Å². The van der Waals surface area contributed by atoms with Crippen LogP contribution in [0.4, 0.5) is 20.3 Å². The Labute approximate surface area is 117 Å². The lowest BCUT2D eigenvalue weighted by molar-refractivity contribution is 0.585. The zero-order valence-corrected chi connectivity index (χ0v) is 11.0. The molecule has 0 spiro atoms. The van der Waals surface area contributed by atoms with Crippen molar-refractivity contribution >= 4 is 34.3 Å². The molecule has 2 N–H and O–H groups in total. The summed E-state index contributed by atoms with van der Waals surface area (Å²) >= 11 is 5.75. The number of anilines is 2. The summed E-state index contributed by atoms with van der Waals surface area (Å²) in [6.07, 6.45) is 1.39. The van der Waals surface area contributed by atoms with E-state index in [2.05, 4.69) is 25.3 Å². The summed E-state index contributed by atoms with van der Waals surface area (Å²) < 4.78 is 27.7. The molecule has 3 rings (SSSR count). The van der Waals surface area contributed by atoms with Crippen LogP contribution in [-0.4, -0.2) is 19.9 Å². The molecule has 0 aliphatic carbocycles. The monoisotopic (exact) mass is 295 g/mol. The average molecular weight is 296 g/mol. The molecule has 0 unspecified atom stereocenters. The lowest BCUT2D eigenvalue weighted by Crippen LogP contribution is -2.02. The predicted octanol–water partition coefficient (Wildman–Crippen LogP) is 3.34. The molecule has 0 bridgehead atoms. The largest absolute Gasteiger partial charge is 0.340 e. The Morgan fingerprint density at radius 2 is 2.05 bits per heavy atom. The number of fused-ring (bicyclic) bond motifs is 1. The number of hydrogen-bond acceptors (Lipinski definition) is 4. The first kappa shape index (κ1) is 12.7. The number of rotatable bonds is 2. The fourth-order valence-electron chi connectivity index (χ4n) is 1.79. The first-order valence-electron chi connectivity index (χ1n) is 5.64. The van der Waals surface area contributed by atoms with E-state index in [4.69, 9.17) is 11.6 Å². The molecule has 102 valence electrons. The fourth-order valence-corrected chi connectivity index (χ4v) is 1.95. The number of hydrogen-bond donors (Lipinski definition) is 2. The van der Waals surface area contributed by atoms with Gasteiger partial charge in [0.05, 0.1) is 6.33 Å². The van der Waals surface area contributed by atoms with E-state index in [1.54, 1.807) is 6.92 Å². The quantitative estimate of drug-likeness (QED) is 0.712. The SMILES string of the molecule is Cc1ccc(F)c(Nc2nc(Cl)nc3nc[nH]c23)c1F. The van der Waals surface area contributed by atoms with Gasteiger partial charge in [0.1, 0.15) is 17.0 Å². The minimum Gasteiger partial charge on any atom is -0.340 e. The summed E-state index contributed by atoms with van der Waals surface area (Å²) in [5.74, 6) is -1.26. The van der Waals surface area contributed by atoms with E-state index < -0.39 is 11.6 Å². The second-order valence-corrected chi connectivity index (χ2v) is 4.46. The molecule has 1 aromatic carbocycles. The van der Waals surface area contributed by atoms with Crippen molar-refractivity contribution in [2.24, 2.45) is 0 Å². The van der Waals surface area contributed by atoms with Gasteiger partial charge >= 0.3 is 0 Å². The maximum atomic E-state index is 14.0. The molecule has 8 heteroatoms. The Morgan fingerprint density at radius 1 is 1.25 bits per heavy atom. The van der Waals surface area contributed by atoms with E-state index in [0.29, 0.717) is 16.7 Å². The minimum atomic E-state index is -0.726. The van der Waals surface area contributed by atoms with Crippen molar-refractivity contribution < 1.29 is 8.78 Å². The van der Waals surface area contributed by atoms with E-state index in [-0.39, 0.29) is 16.8 Å². The van der Waals surface area contributed by atoms with Gasteiger partial charge in [-0.3, -0.25) is 0 Å². The van der Waals surface area contributed by atoms with Crippen LogP contribution in [0.25, 0.3) is 11.2 Å². The van der Waals surface area contributed by atoms with Crippen LogP contribution in [0, 0.1) is 18.6 Å². The lowest BCUT2D eigenvalue weighted by atomic mass is 10.2. The molecule has 0 saturated carbocycles. The third-order valence-corrected chi connectivity index (χ3v) is 2.95. The van der Waals surface area contributed by atoms with Gasteiger partial charge < -0.3 is 10.3 Å². The van der Waals surface area contributed by atoms with Crippen molar-refractivity contribution in [3.05, 3.63) is 40.9 Å². The highest BCUT2D eigenvalue weighted by molar-refractivity contribution is 6.28. The van der Waals surface area contributed by atoms with E-state index in [9.17, 15) is 8.78 Å². The maximum Gasteiger partial charge on any atom is 0.226 e. The molecule has 2 aromatic heterocycles.